The van der Waals surface area contributed by atoms with E-state index >= 15 is 0 Å². The zero-order chi connectivity index (χ0) is 24.1. The molecule has 33 heavy (non-hydrogen) atoms. The van der Waals surface area contributed by atoms with Crippen molar-refractivity contribution in [3.63, 3.8) is 0 Å². The molecule has 1 aliphatic rings. The lowest BCUT2D eigenvalue weighted by Crippen LogP contribution is -2.43. The number of carbonyl (C=O) groups excluding carboxylic acids is 3. The van der Waals surface area contributed by atoms with Gasteiger partial charge >= 0.3 is 17.9 Å². The number of nitrogens with zero attached hydrogens (tertiary/aromatic N) is 1. The highest BCUT2D eigenvalue weighted by atomic mass is 19.1. The number of likely N-dealkylation sites (tertiary alicyclic amines) is 1. The zero-order valence-corrected chi connectivity index (χ0v) is 17.9. The van der Waals surface area contributed by atoms with Gasteiger partial charge in [0.25, 0.3) is 0 Å². The highest BCUT2D eigenvalue weighted by Gasteiger charge is 2.42. The van der Waals surface area contributed by atoms with Gasteiger partial charge in [-0.2, -0.15) is 0 Å². The highest BCUT2D eigenvalue weighted by molar-refractivity contribution is 6.32. The SMILES string of the molecule is CCOC(=O)C(=O)N1CC(NC(=O)Nc2ccc(F)cc2)C(c2c(F)cc(OC)cc2F)C1. The number of halogens is 3. The lowest BCUT2D eigenvalue weighted by Gasteiger charge is -2.21. The zero-order valence-electron chi connectivity index (χ0n) is 17.9. The van der Waals surface area contributed by atoms with Crippen LogP contribution in [0, 0.1) is 17.5 Å². The molecule has 1 heterocycles. The van der Waals surface area contributed by atoms with Crippen LogP contribution in [0.1, 0.15) is 18.4 Å². The number of hydrogen-bond donors (Lipinski definition) is 2. The van der Waals surface area contributed by atoms with Gasteiger partial charge in [-0.1, -0.05) is 0 Å². The van der Waals surface area contributed by atoms with Crippen molar-refractivity contribution in [1.29, 1.82) is 0 Å². The molecule has 11 heteroatoms. The molecule has 3 rings (SSSR count). The van der Waals surface area contributed by atoms with E-state index in [1.165, 1.54) is 26.2 Å². The number of benzene rings is 2. The Morgan fingerprint density at radius 3 is 2.27 bits per heavy atom. The molecular weight excluding hydrogens is 443 g/mol. The molecule has 2 unspecified atom stereocenters. The summed E-state index contributed by atoms with van der Waals surface area (Å²) in [6.45, 7) is 1.08. The maximum Gasteiger partial charge on any atom is 0.397 e. The summed E-state index contributed by atoms with van der Waals surface area (Å²) in [6, 6.07) is 5.26. The fourth-order valence-electron chi connectivity index (χ4n) is 3.63. The van der Waals surface area contributed by atoms with Crippen LogP contribution in [0.2, 0.25) is 0 Å². The van der Waals surface area contributed by atoms with Crippen LogP contribution in [0.3, 0.4) is 0 Å². The third-order valence-corrected chi connectivity index (χ3v) is 5.13. The summed E-state index contributed by atoms with van der Waals surface area (Å²) in [6.07, 6.45) is 0. The Balaban J connectivity index is 1.85. The smallest absolute Gasteiger partial charge is 0.397 e. The molecule has 3 amide bonds. The molecule has 0 aliphatic carbocycles. The first-order valence-corrected chi connectivity index (χ1v) is 10.1. The number of esters is 1. The molecule has 8 nitrogen and oxygen atoms in total. The first-order chi connectivity index (χ1) is 15.7. The maximum atomic E-state index is 14.8. The van der Waals surface area contributed by atoms with Crippen LogP contribution in [0.15, 0.2) is 36.4 Å². The van der Waals surface area contributed by atoms with Gasteiger partial charge in [0, 0.05) is 42.4 Å². The minimum atomic E-state index is -1.11. The van der Waals surface area contributed by atoms with E-state index in [9.17, 15) is 27.6 Å². The summed E-state index contributed by atoms with van der Waals surface area (Å²) in [5, 5.41) is 5.06. The standard InChI is InChI=1S/C22H22F3N3O5/c1-3-33-21(30)20(29)28-10-15(19-16(24)8-14(32-2)9-17(19)25)18(11-28)27-22(31)26-13-6-4-12(23)5-7-13/h4-9,15,18H,3,10-11H2,1-2H3,(H2,26,27,31). The van der Waals surface area contributed by atoms with E-state index in [0.717, 1.165) is 29.2 Å². The molecule has 1 fully saturated rings. The summed E-state index contributed by atoms with van der Waals surface area (Å²) in [4.78, 5) is 37.9. The average Bonchev–Trinajstić information content (AvgIpc) is 3.17. The van der Waals surface area contributed by atoms with Crippen molar-refractivity contribution in [3.8, 4) is 5.75 Å². The van der Waals surface area contributed by atoms with Gasteiger partial charge in [0.05, 0.1) is 19.8 Å². The molecule has 1 aliphatic heterocycles. The summed E-state index contributed by atoms with van der Waals surface area (Å²) in [5.41, 5.74) is -0.0771. The molecule has 176 valence electrons. The Hall–Kier alpha value is -3.76. The van der Waals surface area contributed by atoms with Crippen LogP contribution in [0.5, 0.6) is 5.75 Å². The normalized spacial score (nSPS) is 17.4. The molecule has 0 radical (unpaired) electrons. The summed E-state index contributed by atoms with van der Waals surface area (Å²) < 4.78 is 52.2. The number of ether oxygens (including phenoxy) is 2. The lowest BCUT2D eigenvalue weighted by molar-refractivity contribution is -0.159. The van der Waals surface area contributed by atoms with Gasteiger partial charge in [0.15, 0.2) is 0 Å². The molecule has 2 aromatic carbocycles. The van der Waals surface area contributed by atoms with Gasteiger partial charge in [-0.3, -0.25) is 4.79 Å². The Kier molecular flexibility index (Phi) is 7.41. The van der Waals surface area contributed by atoms with Crippen LogP contribution >= 0.6 is 0 Å². The first-order valence-electron chi connectivity index (χ1n) is 10.1. The van der Waals surface area contributed by atoms with Gasteiger partial charge in [-0.25, -0.2) is 22.8 Å². The molecule has 0 aromatic heterocycles. The number of carbonyl (C=O) groups is 3. The Bertz CT molecular complexity index is 1030. The van der Waals surface area contributed by atoms with E-state index in [1.54, 1.807) is 0 Å². The summed E-state index contributed by atoms with van der Waals surface area (Å²) in [7, 11) is 1.26. The van der Waals surface area contributed by atoms with Gasteiger partial charge in [-0.15, -0.1) is 0 Å². The fourth-order valence-corrected chi connectivity index (χ4v) is 3.63. The monoisotopic (exact) mass is 465 g/mol. The minimum Gasteiger partial charge on any atom is -0.497 e. The van der Waals surface area contributed by atoms with Gasteiger partial charge in [-0.05, 0) is 31.2 Å². The quantitative estimate of drug-likeness (QED) is 0.523. The van der Waals surface area contributed by atoms with Crippen molar-refractivity contribution < 1.29 is 37.0 Å². The van der Waals surface area contributed by atoms with E-state index in [4.69, 9.17) is 9.47 Å². The van der Waals surface area contributed by atoms with Crippen LogP contribution in [-0.4, -0.2) is 55.7 Å². The van der Waals surface area contributed by atoms with Crippen molar-refractivity contribution in [2.24, 2.45) is 0 Å². The van der Waals surface area contributed by atoms with E-state index in [-0.39, 0.29) is 36.7 Å². The number of nitrogens with one attached hydrogen (secondary N) is 2. The largest absolute Gasteiger partial charge is 0.497 e. The van der Waals surface area contributed by atoms with Crippen molar-refractivity contribution in [2.45, 2.75) is 18.9 Å². The van der Waals surface area contributed by atoms with Crippen LogP contribution < -0.4 is 15.4 Å². The molecule has 0 saturated carbocycles. The second kappa shape index (κ2) is 10.2. The molecule has 2 aromatic rings. The number of amides is 3. The Morgan fingerprint density at radius 1 is 1.06 bits per heavy atom. The number of anilines is 1. The predicted molar refractivity (Wildman–Crippen MR) is 111 cm³/mol. The number of methoxy groups -OCH3 is 1. The second-order valence-electron chi connectivity index (χ2n) is 7.25. The predicted octanol–water partition coefficient (Wildman–Crippen LogP) is 2.79. The molecule has 2 N–H and O–H groups in total. The molecule has 0 bridgehead atoms. The molecular formula is C22H22F3N3O5. The first kappa shape index (κ1) is 23.9. The van der Waals surface area contributed by atoms with Gasteiger partial charge in [0.1, 0.15) is 23.2 Å². The molecule has 2 atom stereocenters. The van der Waals surface area contributed by atoms with Crippen LogP contribution in [0.4, 0.5) is 23.7 Å². The highest BCUT2D eigenvalue weighted by Crippen LogP contribution is 2.34. The molecule has 0 spiro atoms. The lowest BCUT2D eigenvalue weighted by atomic mass is 9.93. The minimum absolute atomic E-state index is 0.0225. The number of rotatable bonds is 5. The number of urea groups is 1. The topological polar surface area (TPSA) is 97.0 Å². The van der Waals surface area contributed by atoms with Crippen molar-refractivity contribution in [1.82, 2.24) is 10.2 Å². The third-order valence-electron chi connectivity index (χ3n) is 5.13. The van der Waals surface area contributed by atoms with Gasteiger partial charge in [0.2, 0.25) is 0 Å². The van der Waals surface area contributed by atoms with Gasteiger partial charge < -0.3 is 25.0 Å². The van der Waals surface area contributed by atoms with E-state index in [0.29, 0.717) is 0 Å². The van der Waals surface area contributed by atoms with Crippen molar-refractivity contribution >= 4 is 23.6 Å². The second-order valence-corrected chi connectivity index (χ2v) is 7.25. The number of hydrogen-bond acceptors (Lipinski definition) is 5. The van der Waals surface area contributed by atoms with E-state index in [2.05, 4.69) is 10.6 Å². The third kappa shape index (κ3) is 5.54. The maximum absolute atomic E-state index is 14.8. The van der Waals surface area contributed by atoms with Crippen molar-refractivity contribution in [3.05, 3.63) is 59.4 Å². The Morgan fingerprint density at radius 2 is 1.70 bits per heavy atom. The van der Waals surface area contributed by atoms with E-state index < -0.39 is 47.3 Å². The summed E-state index contributed by atoms with van der Waals surface area (Å²) >= 11 is 0. The van der Waals surface area contributed by atoms with Crippen LogP contribution in [0.25, 0.3) is 0 Å². The molecule has 1 saturated heterocycles. The summed E-state index contributed by atoms with van der Waals surface area (Å²) in [5.74, 6) is -5.47. The fraction of sp³-hybridized carbons (Fsp3) is 0.318. The van der Waals surface area contributed by atoms with Crippen LogP contribution in [-0.2, 0) is 14.3 Å². The Labute approximate surface area is 187 Å². The average molecular weight is 465 g/mol. The van der Waals surface area contributed by atoms with E-state index in [1.807, 2.05) is 0 Å². The van der Waals surface area contributed by atoms with Crippen molar-refractivity contribution in [2.75, 3.05) is 32.1 Å².